The third-order valence-corrected chi connectivity index (χ3v) is 6.63. The number of carbonyl (C=O) groups excluding carboxylic acids is 2. The van der Waals surface area contributed by atoms with Crippen LogP contribution in [0.25, 0.3) is 10.6 Å². The van der Waals surface area contributed by atoms with Gasteiger partial charge in [-0.15, -0.1) is 10.2 Å². The van der Waals surface area contributed by atoms with Gasteiger partial charge in [-0.25, -0.2) is 0 Å². The second kappa shape index (κ2) is 9.13. The zero-order valence-electron chi connectivity index (χ0n) is 16.9. The zero-order chi connectivity index (χ0) is 22.8. The van der Waals surface area contributed by atoms with Crippen molar-refractivity contribution >= 4 is 49.9 Å². The number of nitrogens with zero attached hydrogens (tertiary/aromatic N) is 4. The molecule has 1 fully saturated rings. The van der Waals surface area contributed by atoms with Crippen LogP contribution in [0.3, 0.4) is 0 Å². The number of hydrogen-bond donors (Lipinski definition) is 1. The van der Waals surface area contributed by atoms with E-state index in [-0.39, 0.29) is 17.2 Å². The van der Waals surface area contributed by atoms with Crippen LogP contribution < -0.4 is 5.32 Å². The Hall–Kier alpha value is -3.18. The van der Waals surface area contributed by atoms with Crippen LogP contribution in [0, 0.1) is 17.0 Å². The van der Waals surface area contributed by atoms with Crippen LogP contribution in [-0.4, -0.2) is 44.4 Å². The minimum Gasteiger partial charge on any atom is -0.327 e. The van der Waals surface area contributed by atoms with Crippen LogP contribution >= 0.6 is 27.3 Å². The summed E-state index contributed by atoms with van der Waals surface area (Å²) < 4.78 is 0.948. The van der Waals surface area contributed by atoms with Crippen molar-refractivity contribution < 1.29 is 14.5 Å². The molecule has 3 aromatic rings. The van der Waals surface area contributed by atoms with Crippen LogP contribution in [0.4, 0.5) is 10.8 Å². The number of aryl methyl sites for hydroxylation is 1. The van der Waals surface area contributed by atoms with E-state index in [4.69, 9.17) is 0 Å². The third-order valence-electron chi connectivity index (χ3n) is 5.22. The summed E-state index contributed by atoms with van der Waals surface area (Å²) in [4.78, 5) is 38.1. The van der Waals surface area contributed by atoms with E-state index >= 15 is 0 Å². The quantitative estimate of drug-likeness (QED) is 0.396. The molecule has 32 heavy (non-hydrogen) atoms. The number of hydrogen-bond acceptors (Lipinski definition) is 7. The van der Waals surface area contributed by atoms with Crippen LogP contribution in [0.5, 0.6) is 0 Å². The van der Waals surface area contributed by atoms with Crippen molar-refractivity contribution in [3.05, 3.63) is 68.2 Å². The molecule has 1 aliphatic rings. The van der Waals surface area contributed by atoms with E-state index < -0.39 is 16.9 Å². The van der Waals surface area contributed by atoms with Gasteiger partial charge in [0.2, 0.25) is 11.0 Å². The first-order valence-corrected chi connectivity index (χ1v) is 11.4. The molecule has 0 aliphatic carbocycles. The number of nitrogens with one attached hydrogen (secondary N) is 1. The molecule has 2 heterocycles. The summed E-state index contributed by atoms with van der Waals surface area (Å²) in [5, 5.41) is 23.2. The highest BCUT2D eigenvalue weighted by atomic mass is 79.9. The Bertz CT molecular complexity index is 1200. The van der Waals surface area contributed by atoms with E-state index in [1.54, 1.807) is 19.1 Å². The topological polar surface area (TPSA) is 118 Å². The molecule has 164 valence electrons. The first kappa shape index (κ1) is 22.0. The van der Waals surface area contributed by atoms with Crippen molar-refractivity contribution in [2.45, 2.75) is 25.8 Å². The fourth-order valence-corrected chi connectivity index (χ4v) is 4.58. The lowest BCUT2D eigenvalue weighted by atomic mass is 10.1. The van der Waals surface area contributed by atoms with Gasteiger partial charge in [0.1, 0.15) is 11.0 Å². The van der Waals surface area contributed by atoms with Gasteiger partial charge in [-0.05, 0) is 38.0 Å². The molecule has 1 aliphatic heterocycles. The molecule has 2 aromatic carbocycles. The molecular formula is C21H18BrN5O4S. The summed E-state index contributed by atoms with van der Waals surface area (Å²) in [6.45, 7) is 2.02. The molecule has 0 radical (unpaired) electrons. The van der Waals surface area contributed by atoms with E-state index in [2.05, 4.69) is 31.4 Å². The van der Waals surface area contributed by atoms with Crippen molar-refractivity contribution in [3.8, 4) is 10.6 Å². The van der Waals surface area contributed by atoms with Gasteiger partial charge in [0.05, 0.1) is 4.92 Å². The second-order valence-corrected chi connectivity index (χ2v) is 9.22. The van der Waals surface area contributed by atoms with Gasteiger partial charge in [0.15, 0.2) is 0 Å². The van der Waals surface area contributed by atoms with E-state index in [1.165, 1.54) is 22.3 Å². The Morgan fingerprint density at radius 1 is 1.22 bits per heavy atom. The summed E-state index contributed by atoms with van der Waals surface area (Å²) in [7, 11) is 0. The SMILES string of the molecule is Cc1ccc(C(=O)N2CCCC2C(=O)Nc2nnc(-c3ccc(Br)cc3)s2)cc1[N+](=O)[O-]. The minimum atomic E-state index is -0.678. The standard InChI is InChI=1S/C21H18BrN5O4S/c1-12-4-5-14(11-17(12)27(30)31)20(29)26-10-2-3-16(26)18(28)23-21-25-24-19(32-21)13-6-8-15(22)9-7-13/h4-9,11,16H,2-3,10H2,1H3,(H,23,25,28). The number of benzene rings is 2. The summed E-state index contributed by atoms with van der Waals surface area (Å²) in [6.07, 6.45) is 1.17. The fourth-order valence-electron chi connectivity index (χ4n) is 3.56. The Morgan fingerprint density at radius 2 is 1.97 bits per heavy atom. The fraction of sp³-hybridized carbons (Fsp3) is 0.238. The Balaban J connectivity index is 1.48. The molecule has 1 saturated heterocycles. The number of nitro benzene ring substituents is 1. The molecule has 1 unspecified atom stereocenters. The Morgan fingerprint density at radius 3 is 2.69 bits per heavy atom. The molecule has 2 amide bonds. The Kier molecular flexibility index (Phi) is 6.28. The van der Waals surface area contributed by atoms with Gasteiger partial charge in [0.25, 0.3) is 11.6 Å². The normalized spacial score (nSPS) is 15.6. The maximum Gasteiger partial charge on any atom is 0.273 e. The number of rotatable bonds is 5. The van der Waals surface area contributed by atoms with Crippen molar-refractivity contribution in [2.24, 2.45) is 0 Å². The van der Waals surface area contributed by atoms with Crippen LogP contribution in [0.15, 0.2) is 46.9 Å². The smallest absolute Gasteiger partial charge is 0.273 e. The lowest BCUT2D eigenvalue weighted by Gasteiger charge is -2.23. The Labute approximate surface area is 195 Å². The highest BCUT2D eigenvalue weighted by Crippen LogP contribution is 2.29. The van der Waals surface area contributed by atoms with E-state index in [0.717, 1.165) is 10.0 Å². The van der Waals surface area contributed by atoms with E-state index in [9.17, 15) is 19.7 Å². The number of amides is 2. The van der Waals surface area contributed by atoms with E-state index in [0.29, 0.717) is 35.1 Å². The van der Waals surface area contributed by atoms with Gasteiger partial charge >= 0.3 is 0 Å². The summed E-state index contributed by atoms with van der Waals surface area (Å²) >= 11 is 4.63. The largest absolute Gasteiger partial charge is 0.327 e. The van der Waals surface area contributed by atoms with Crippen molar-refractivity contribution in [1.29, 1.82) is 0 Å². The predicted molar refractivity (Wildman–Crippen MR) is 124 cm³/mol. The van der Waals surface area contributed by atoms with Crippen molar-refractivity contribution in [3.63, 3.8) is 0 Å². The molecule has 0 bridgehead atoms. The van der Waals surface area contributed by atoms with Gasteiger partial charge in [-0.3, -0.25) is 25.0 Å². The molecule has 11 heteroatoms. The molecule has 1 atom stereocenters. The average Bonchev–Trinajstić information content (AvgIpc) is 3.44. The van der Waals surface area contributed by atoms with Gasteiger partial charge in [0, 0.05) is 33.8 Å². The maximum atomic E-state index is 13.0. The maximum absolute atomic E-state index is 13.0. The number of halogens is 1. The lowest BCUT2D eigenvalue weighted by molar-refractivity contribution is -0.385. The van der Waals surface area contributed by atoms with Crippen molar-refractivity contribution in [2.75, 3.05) is 11.9 Å². The van der Waals surface area contributed by atoms with Crippen LogP contribution in [0.1, 0.15) is 28.8 Å². The summed E-state index contributed by atoms with van der Waals surface area (Å²) in [5.74, 6) is -0.755. The summed E-state index contributed by atoms with van der Waals surface area (Å²) in [6, 6.07) is 11.3. The number of carbonyl (C=O) groups is 2. The summed E-state index contributed by atoms with van der Waals surface area (Å²) in [5.41, 5.74) is 1.42. The second-order valence-electron chi connectivity index (χ2n) is 7.32. The zero-order valence-corrected chi connectivity index (χ0v) is 19.4. The van der Waals surface area contributed by atoms with Gasteiger partial charge in [-0.1, -0.05) is 45.5 Å². The number of nitro groups is 1. The molecule has 9 nitrogen and oxygen atoms in total. The first-order chi connectivity index (χ1) is 15.3. The third kappa shape index (κ3) is 4.53. The first-order valence-electron chi connectivity index (χ1n) is 9.80. The number of likely N-dealkylation sites (tertiary alicyclic amines) is 1. The highest BCUT2D eigenvalue weighted by molar-refractivity contribution is 9.10. The molecule has 0 spiro atoms. The molecular weight excluding hydrogens is 498 g/mol. The molecule has 4 rings (SSSR count). The molecule has 0 saturated carbocycles. The van der Waals surface area contributed by atoms with Crippen LogP contribution in [0.2, 0.25) is 0 Å². The number of anilines is 1. The van der Waals surface area contributed by atoms with E-state index in [1.807, 2.05) is 24.3 Å². The van der Waals surface area contributed by atoms with Gasteiger partial charge in [-0.2, -0.15) is 0 Å². The molecule has 1 aromatic heterocycles. The lowest BCUT2D eigenvalue weighted by Crippen LogP contribution is -2.43. The number of aromatic nitrogens is 2. The molecule has 1 N–H and O–H groups in total. The highest BCUT2D eigenvalue weighted by Gasteiger charge is 2.35. The average molecular weight is 516 g/mol. The van der Waals surface area contributed by atoms with Crippen LogP contribution in [-0.2, 0) is 4.79 Å². The van der Waals surface area contributed by atoms with Gasteiger partial charge < -0.3 is 4.90 Å². The monoisotopic (exact) mass is 515 g/mol. The minimum absolute atomic E-state index is 0.120. The van der Waals surface area contributed by atoms with Crippen molar-refractivity contribution in [1.82, 2.24) is 15.1 Å². The predicted octanol–water partition coefficient (Wildman–Crippen LogP) is 4.43.